The summed E-state index contributed by atoms with van der Waals surface area (Å²) in [6.07, 6.45) is 2.98. The Bertz CT molecular complexity index is 2530. The number of carbonyl (C=O) groups excluding carboxylic acids is 4. The lowest BCUT2D eigenvalue weighted by atomic mass is 9.75. The van der Waals surface area contributed by atoms with Crippen molar-refractivity contribution in [2.75, 3.05) is 40.5 Å². The minimum absolute atomic E-state index is 0.00245. The van der Waals surface area contributed by atoms with Crippen molar-refractivity contribution in [3.8, 4) is 17.2 Å². The van der Waals surface area contributed by atoms with E-state index in [4.69, 9.17) is 31.4 Å². The van der Waals surface area contributed by atoms with E-state index in [0.29, 0.717) is 23.1 Å². The number of benzene rings is 2. The maximum Gasteiger partial charge on any atom is 0.253 e. The van der Waals surface area contributed by atoms with Crippen LogP contribution in [0.25, 0.3) is 0 Å². The minimum Gasteiger partial charge on any atom is -0.507 e. The van der Waals surface area contributed by atoms with Crippen LogP contribution in [0.2, 0.25) is 0 Å². The molecule has 1 aliphatic carbocycles. The number of nitrogens with two attached hydrogens (primary N) is 3. The molecule has 2 aromatic carbocycles. The summed E-state index contributed by atoms with van der Waals surface area (Å²) < 4.78 is 18.0. The van der Waals surface area contributed by atoms with Crippen LogP contribution in [0.4, 0.5) is 0 Å². The Morgan fingerprint density at radius 2 is 1.79 bits per heavy atom. The number of phenols is 1. The van der Waals surface area contributed by atoms with Gasteiger partial charge in [0.1, 0.15) is 41.2 Å². The number of hydrogen-bond acceptors (Lipinski definition) is 18. The maximum absolute atomic E-state index is 15.1. The molecule has 5 aliphatic rings. The van der Waals surface area contributed by atoms with E-state index in [2.05, 4.69) is 20.9 Å². The third kappa shape index (κ3) is 9.33. The number of rotatable bonds is 17. The first-order valence-corrected chi connectivity index (χ1v) is 22.2. The summed E-state index contributed by atoms with van der Waals surface area (Å²) in [6.45, 7) is 0.420. The summed E-state index contributed by atoms with van der Waals surface area (Å²) >= 11 is 0. The largest absolute Gasteiger partial charge is 0.507 e. The average molecular weight is 943 g/mol. The van der Waals surface area contributed by atoms with Gasteiger partial charge in [-0.15, -0.1) is 0 Å². The normalized spacial score (nSPS) is 25.4. The number of phenolic OH excluding ortho intramolecular Hbond substituents is 1. The van der Waals surface area contributed by atoms with Crippen LogP contribution in [0.5, 0.6) is 17.2 Å². The van der Waals surface area contributed by atoms with Crippen LogP contribution >= 0.6 is 0 Å². The zero-order valence-electron chi connectivity index (χ0n) is 37.8. The molecule has 0 spiro atoms. The molecule has 4 aliphatic heterocycles. The van der Waals surface area contributed by atoms with Crippen molar-refractivity contribution in [1.29, 1.82) is 0 Å². The predicted octanol–water partition coefficient (Wildman–Crippen LogP) is -1.23. The number of amides is 2. The lowest BCUT2D eigenvalue weighted by Gasteiger charge is -2.49. The number of aliphatic hydroxyl groups is 5. The van der Waals surface area contributed by atoms with Gasteiger partial charge in [0.2, 0.25) is 12.1 Å². The van der Waals surface area contributed by atoms with E-state index < -0.39 is 84.3 Å². The van der Waals surface area contributed by atoms with Crippen molar-refractivity contribution < 1.29 is 64.0 Å². The van der Waals surface area contributed by atoms with Gasteiger partial charge in [-0.25, -0.2) is 0 Å². The van der Waals surface area contributed by atoms with Gasteiger partial charge in [-0.2, -0.15) is 0 Å². The highest BCUT2D eigenvalue weighted by Gasteiger charge is 2.57. The fraction of sp³-hybridized carbons (Fsp3) is 0.426. The first-order chi connectivity index (χ1) is 32.5. The van der Waals surface area contributed by atoms with Gasteiger partial charge in [0.15, 0.2) is 11.7 Å². The molecule has 1 fully saturated rings. The molecule has 8 unspecified atom stereocenters. The maximum atomic E-state index is 15.1. The number of dihydropyridines is 2. The molecule has 21 nitrogen and oxygen atoms in total. The Morgan fingerprint density at radius 1 is 1.06 bits per heavy atom. The standard InChI is InChI=1S/C47H58N8O13/c1-4-26-29(66-3)17-30(67-45-43(63)44(64)47(65,31(21-57)68-45)18-25(23-11-13-52-33(49)16-23)20-55-34(58)9-10-35(55)59)39-37(26)40(60)27-15-24(7-5-22-6-8-32(48)53-19-22)36(41(61)38(27)42(39)62)28(12-14-56)54-46(50)51-2/h6,8-11,15-17,19,25,28,31-32,43-45,52-53,56-57,61,63-65H,4-5,7,12-14,18,20-21,48-49H2,1-3H3,(H3,50,51,54). The molecule has 2 aromatic rings. The van der Waals surface area contributed by atoms with Crippen molar-refractivity contribution in [3.63, 3.8) is 0 Å². The highest BCUT2D eigenvalue weighted by atomic mass is 16.7. The molecule has 68 heavy (non-hydrogen) atoms. The summed E-state index contributed by atoms with van der Waals surface area (Å²) in [5.74, 6) is -4.25. The van der Waals surface area contributed by atoms with E-state index in [1.54, 1.807) is 25.3 Å². The second kappa shape index (κ2) is 20.3. The van der Waals surface area contributed by atoms with E-state index in [0.717, 1.165) is 22.6 Å². The van der Waals surface area contributed by atoms with Crippen LogP contribution < -0.4 is 42.6 Å². The zero-order chi connectivity index (χ0) is 49.2. The monoisotopic (exact) mass is 942 g/mol. The Labute approximate surface area is 391 Å². The first-order valence-electron chi connectivity index (χ1n) is 22.2. The summed E-state index contributed by atoms with van der Waals surface area (Å²) in [6, 6.07) is 1.93. The van der Waals surface area contributed by atoms with Gasteiger partial charge in [0.25, 0.3) is 11.8 Å². The van der Waals surface area contributed by atoms with E-state index in [1.165, 1.54) is 32.4 Å². The number of aliphatic imine (C=N–C) groups is 1. The number of nitrogens with zero attached hydrogens (tertiary/aromatic N) is 2. The molecule has 0 saturated carbocycles. The molecule has 1 saturated heterocycles. The number of aromatic hydroxyl groups is 1. The smallest absolute Gasteiger partial charge is 0.253 e. The van der Waals surface area contributed by atoms with Gasteiger partial charge < -0.3 is 78.0 Å². The van der Waals surface area contributed by atoms with Crippen LogP contribution in [0.3, 0.4) is 0 Å². The molecule has 21 heteroatoms. The zero-order valence-corrected chi connectivity index (χ0v) is 37.8. The third-order valence-electron chi connectivity index (χ3n) is 13.0. The van der Waals surface area contributed by atoms with Crippen molar-refractivity contribution in [2.45, 2.75) is 81.4 Å². The quantitative estimate of drug-likeness (QED) is 0.0428. The molecule has 2 amide bonds. The van der Waals surface area contributed by atoms with Crippen LogP contribution in [-0.4, -0.2) is 142 Å². The Kier molecular flexibility index (Phi) is 14.7. The Hall–Kier alpha value is -6.59. The SMILES string of the molecule is CCc1c(OC)cc(OC2OC(CO)C(O)(CC(CN3C(=O)C=CC3=O)C3=CCNC(N)=C3)C(O)C2O)c2c1C(=O)c1cc(CCC3=CNC(N)C=C3)c(C(CCO)NC(N)=NC)c(O)c1C2=O. The number of carbonyl (C=O) groups is 4. The van der Waals surface area contributed by atoms with Crippen LogP contribution in [0.15, 0.2) is 76.7 Å². The molecular formula is C47H58N8O13. The van der Waals surface area contributed by atoms with Gasteiger partial charge >= 0.3 is 0 Å². The minimum atomic E-state index is -2.46. The molecule has 0 aromatic heterocycles. The Balaban J connectivity index is 1.28. The Morgan fingerprint density at radius 3 is 2.41 bits per heavy atom. The van der Waals surface area contributed by atoms with Gasteiger partial charge in [0, 0.05) is 79.3 Å². The van der Waals surface area contributed by atoms with Crippen molar-refractivity contribution in [3.05, 3.63) is 111 Å². The summed E-state index contributed by atoms with van der Waals surface area (Å²) in [4.78, 5) is 60.3. The first kappa shape index (κ1) is 49.3. The van der Waals surface area contributed by atoms with Gasteiger partial charge in [-0.3, -0.25) is 29.1 Å². The van der Waals surface area contributed by atoms with E-state index >= 15 is 4.79 Å². The second-order valence-corrected chi connectivity index (χ2v) is 17.1. The highest BCUT2D eigenvalue weighted by Crippen LogP contribution is 2.47. The fourth-order valence-corrected chi connectivity index (χ4v) is 9.46. The predicted molar refractivity (Wildman–Crippen MR) is 245 cm³/mol. The molecule has 0 bridgehead atoms. The van der Waals surface area contributed by atoms with E-state index in [1.807, 2.05) is 6.08 Å². The van der Waals surface area contributed by atoms with E-state index in [-0.39, 0.29) is 96.2 Å². The van der Waals surface area contributed by atoms with Gasteiger partial charge in [-0.1, -0.05) is 19.1 Å². The number of nitrogens with one attached hydrogen (secondary N) is 3. The van der Waals surface area contributed by atoms with Crippen LogP contribution in [0.1, 0.15) is 80.8 Å². The number of allylic oxidation sites excluding steroid dienone is 3. The van der Waals surface area contributed by atoms with Crippen molar-refractivity contribution >= 4 is 29.3 Å². The van der Waals surface area contributed by atoms with Gasteiger partial charge in [-0.05, 0) is 67.0 Å². The lowest BCUT2D eigenvalue weighted by Crippen LogP contribution is -2.68. The lowest BCUT2D eigenvalue weighted by molar-refractivity contribution is -0.316. The average Bonchev–Trinajstić information content (AvgIpc) is 3.64. The summed E-state index contributed by atoms with van der Waals surface area (Å²) in [5, 5.41) is 78.0. The van der Waals surface area contributed by atoms with E-state index in [9.17, 15) is 45.0 Å². The molecule has 15 N–H and O–H groups in total. The number of imide groups is 1. The fourth-order valence-electron chi connectivity index (χ4n) is 9.46. The topological polar surface area (TPSA) is 347 Å². The number of aryl methyl sites for hydroxylation is 1. The number of methoxy groups -OCH3 is 1. The number of fused-ring (bicyclic) bond motifs is 2. The molecule has 4 heterocycles. The van der Waals surface area contributed by atoms with Crippen molar-refractivity contribution in [1.82, 2.24) is 20.9 Å². The van der Waals surface area contributed by atoms with Crippen molar-refractivity contribution in [2.24, 2.45) is 28.1 Å². The second-order valence-electron chi connectivity index (χ2n) is 17.1. The highest BCUT2D eigenvalue weighted by molar-refractivity contribution is 6.31. The number of guanidine groups is 1. The number of aliphatic hydroxyl groups excluding tert-OH is 4. The molecular weight excluding hydrogens is 885 g/mol. The molecule has 0 radical (unpaired) electrons. The molecule has 7 rings (SSSR count). The number of hydrogen-bond donors (Lipinski definition) is 12. The third-order valence-corrected chi connectivity index (χ3v) is 13.0. The van der Waals surface area contributed by atoms with Crippen LogP contribution in [-0.2, 0) is 27.2 Å². The van der Waals surface area contributed by atoms with Gasteiger partial charge in [0.05, 0.1) is 42.9 Å². The summed E-state index contributed by atoms with van der Waals surface area (Å²) in [5.41, 5.74) is 17.0. The summed E-state index contributed by atoms with van der Waals surface area (Å²) in [7, 11) is 2.78. The number of ketones is 2. The number of ether oxygens (including phenoxy) is 3. The molecule has 8 atom stereocenters. The van der Waals surface area contributed by atoms with Crippen LogP contribution in [0, 0.1) is 5.92 Å². The molecule has 364 valence electrons.